The van der Waals surface area contributed by atoms with Crippen LogP contribution in [0.4, 0.5) is 0 Å². The third-order valence-corrected chi connectivity index (χ3v) is 5.11. The SMILES string of the molecule is COc1ccc(-n2nc(C(=O)N3CCC(OC)CC3)cc2-c2ccccc2)nn1. The molecule has 0 unspecified atom stereocenters. The van der Waals surface area contributed by atoms with Crippen molar-refractivity contribution in [1.29, 1.82) is 0 Å². The third kappa shape index (κ3) is 3.97. The van der Waals surface area contributed by atoms with E-state index >= 15 is 0 Å². The summed E-state index contributed by atoms with van der Waals surface area (Å²) in [6, 6.07) is 15.1. The molecule has 8 heteroatoms. The van der Waals surface area contributed by atoms with Gasteiger partial charge in [-0.2, -0.15) is 5.10 Å². The second-order valence-corrected chi connectivity index (χ2v) is 6.85. The van der Waals surface area contributed by atoms with Gasteiger partial charge in [-0.1, -0.05) is 30.3 Å². The number of hydrogen-bond donors (Lipinski definition) is 0. The normalized spacial score (nSPS) is 14.8. The van der Waals surface area contributed by atoms with Gasteiger partial charge in [0.15, 0.2) is 11.5 Å². The van der Waals surface area contributed by atoms with Crippen molar-refractivity contribution in [2.45, 2.75) is 18.9 Å². The molecule has 1 amide bonds. The average Bonchev–Trinajstić information content (AvgIpc) is 3.25. The van der Waals surface area contributed by atoms with Crippen LogP contribution in [0.5, 0.6) is 5.88 Å². The summed E-state index contributed by atoms with van der Waals surface area (Å²) in [5, 5.41) is 12.8. The van der Waals surface area contributed by atoms with E-state index < -0.39 is 0 Å². The lowest BCUT2D eigenvalue weighted by atomic mass is 10.1. The van der Waals surface area contributed by atoms with Crippen molar-refractivity contribution in [2.24, 2.45) is 0 Å². The van der Waals surface area contributed by atoms with E-state index in [1.165, 1.54) is 7.11 Å². The first-order chi connectivity index (χ1) is 14.2. The van der Waals surface area contributed by atoms with Gasteiger partial charge in [0.2, 0.25) is 5.88 Å². The molecule has 0 N–H and O–H groups in total. The Kier molecular flexibility index (Phi) is 5.53. The topological polar surface area (TPSA) is 82.4 Å². The highest BCUT2D eigenvalue weighted by molar-refractivity contribution is 5.93. The Morgan fingerprint density at radius 3 is 2.41 bits per heavy atom. The van der Waals surface area contributed by atoms with Crippen molar-refractivity contribution in [3.05, 3.63) is 54.2 Å². The molecule has 8 nitrogen and oxygen atoms in total. The number of hydrogen-bond acceptors (Lipinski definition) is 6. The van der Waals surface area contributed by atoms with Crippen LogP contribution in [0.2, 0.25) is 0 Å². The summed E-state index contributed by atoms with van der Waals surface area (Å²) >= 11 is 0. The van der Waals surface area contributed by atoms with Crippen molar-refractivity contribution in [1.82, 2.24) is 24.9 Å². The van der Waals surface area contributed by atoms with Crippen LogP contribution in [0.15, 0.2) is 48.5 Å². The van der Waals surface area contributed by atoms with E-state index in [9.17, 15) is 4.79 Å². The molecular formula is C21H23N5O3. The lowest BCUT2D eigenvalue weighted by Crippen LogP contribution is -2.40. The molecule has 29 heavy (non-hydrogen) atoms. The van der Waals surface area contributed by atoms with Gasteiger partial charge in [0.05, 0.1) is 18.9 Å². The summed E-state index contributed by atoms with van der Waals surface area (Å²) in [6.07, 6.45) is 1.88. The molecule has 4 rings (SSSR count). The molecule has 0 radical (unpaired) electrons. The van der Waals surface area contributed by atoms with Crippen molar-refractivity contribution < 1.29 is 14.3 Å². The minimum absolute atomic E-state index is 0.0862. The summed E-state index contributed by atoms with van der Waals surface area (Å²) in [4.78, 5) is 14.9. The maximum absolute atomic E-state index is 13.1. The molecule has 0 aliphatic carbocycles. The average molecular weight is 393 g/mol. The summed E-state index contributed by atoms with van der Waals surface area (Å²) < 4.78 is 12.1. The monoisotopic (exact) mass is 393 g/mol. The van der Waals surface area contributed by atoms with Crippen molar-refractivity contribution >= 4 is 5.91 Å². The quantitative estimate of drug-likeness (QED) is 0.663. The lowest BCUT2D eigenvalue weighted by molar-refractivity contribution is 0.0347. The van der Waals surface area contributed by atoms with Crippen molar-refractivity contribution in [3.63, 3.8) is 0 Å². The molecule has 0 saturated carbocycles. The number of carbonyl (C=O) groups excluding carboxylic acids is 1. The van der Waals surface area contributed by atoms with Crippen LogP contribution >= 0.6 is 0 Å². The van der Waals surface area contributed by atoms with Crippen LogP contribution in [0.25, 0.3) is 17.1 Å². The molecule has 1 aliphatic heterocycles. The number of methoxy groups -OCH3 is 2. The Hall–Kier alpha value is -3.26. The Bertz CT molecular complexity index is 964. The van der Waals surface area contributed by atoms with Crippen LogP contribution in [0, 0.1) is 0 Å². The van der Waals surface area contributed by atoms with E-state index in [0.29, 0.717) is 30.5 Å². The first-order valence-corrected chi connectivity index (χ1v) is 9.55. The van der Waals surface area contributed by atoms with E-state index in [4.69, 9.17) is 9.47 Å². The molecule has 1 aliphatic rings. The number of ether oxygens (including phenoxy) is 2. The number of amides is 1. The zero-order valence-electron chi connectivity index (χ0n) is 16.5. The molecule has 0 atom stereocenters. The van der Waals surface area contributed by atoms with Crippen molar-refractivity contribution in [3.8, 4) is 23.0 Å². The number of carbonyl (C=O) groups is 1. The summed E-state index contributed by atoms with van der Waals surface area (Å²) in [5.41, 5.74) is 2.10. The second kappa shape index (κ2) is 8.40. The zero-order valence-corrected chi connectivity index (χ0v) is 16.5. The smallest absolute Gasteiger partial charge is 0.274 e. The van der Waals surface area contributed by atoms with Crippen LogP contribution in [0.1, 0.15) is 23.3 Å². The van der Waals surface area contributed by atoms with Crippen LogP contribution in [-0.4, -0.2) is 64.2 Å². The van der Waals surface area contributed by atoms with Gasteiger partial charge < -0.3 is 14.4 Å². The molecule has 1 saturated heterocycles. The predicted octanol–water partition coefficient (Wildman–Crippen LogP) is 2.59. The zero-order chi connectivity index (χ0) is 20.2. The molecule has 0 bridgehead atoms. The first kappa shape index (κ1) is 19.1. The third-order valence-electron chi connectivity index (χ3n) is 5.11. The highest BCUT2D eigenvalue weighted by Gasteiger charge is 2.26. The number of aromatic nitrogens is 4. The molecule has 0 spiro atoms. The Labute approximate surface area is 169 Å². The fraction of sp³-hybridized carbons (Fsp3) is 0.333. The van der Waals surface area contributed by atoms with Gasteiger partial charge >= 0.3 is 0 Å². The summed E-state index contributed by atoms with van der Waals surface area (Å²) in [5.74, 6) is 0.846. The molecular weight excluding hydrogens is 370 g/mol. The van der Waals surface area contributed by atoms with E-state index in [2.05, 4.69) is 15.3 Å². The van der Waals surface area contributed by atoms with E-state index in [1.807, 2.05) is 41.3 Å². The first-order valence-electron chi connectivity index (χ1n) is 9.55. The van der Waals surface area contributed by atoms with Gasteiger partial charge in [0.25, 0.3) is 5.91 Å². The number of piperidine rings is 1. The number of rotatable bonds is 5. The van der Waals surface area contributed by atoms with Crippen LogP contribution < -0.4 is 4.74 Å². The number of likely N-dealkylation sites (tertiary alicyclic amines) is 1. The Balaban J connectivity index is 1.68. The second-order valence-electron chi connectivity index (χ2n) is 6.85. The molecule has 3 aromatic rings. The minimum atomic E-state index is -0.0862. The fourth-order valence-electron chi connectivity index (χ4n) is 3.47. The van der Waals surface area contributed by atoms with Gasteiger partial charge in [-0.05, 0) is 25.0 Å². The fourth-order valence-corrected chi connectivity index (χ4v) is 3.47. The minimum Gasteiger partial charge on any atom is -0.480 e. The maximum atomic E-state index is 13.1. The lowest BCUT2D eigenvalue weighted by Gasteiger charge is -2.30. The Morgan fingerprint density at radius 2 is 1.79 bits per heavy atom. The highest BCUT2D eigenvalue weighted by Crippen LogP contribution is 2.25. The van der Waals surface area contributed by atoms with Gasteiger partial charge in [0, 0.05) is 31.8 Å². The van der Waals surface area contributed by atoms with Gasteiger partial charge in [-0.15, -0.1) is 10.2 Å². The molecule has 2 aromatic heterocycles. The van der Waals surface area contributed by atoms with Gasteiger partial charge in [-0.3, -0.25) is 4.79 Å². The molecule has 1 aromatic carbocycles. The maximum Gasteiger partial charge on any atom is 0.274 e. The van der Waals surface area contributed by atoms with E-state index in [0.717, 1.165) is 24.1 Å². The Morgan fingerprint density at radius 1 is 1.03 bits per heavy atom. The van der Waals surface area contributed by atoms with Gasteiger partial charge in [0.1, 0.15) is 0 Å². The predicted molar refractivity (Wildman–Crippen MR) is 107 cm³/mol. The number of benzene rings is 1. The number of nitrogens with zero attached hydrogens (tertiary/aromatic N) is 5. The van der Waals surface area contributed by atoms with Crippen molar-refractivity contribution in [2.75, 3.05) is 27.3 Å². The van der Waals surface area contributed by atoms with E-state index in [1.54, 1.807) is 23.9 Å². The summed E-state index contributed by atoms with van der Waals surface area (Å²) in [7, 11) is 3.25. The summed E-state index contributed by atoms with van der Waals surface area (Å²) in [6.45, 7) is 1.32. The highest BCUT2D eigenvalue weighted by atomic mass is 16.5. The van der Waals surface area contributed by atoms with Gasteiger partial charge in [-0.25, -0.2) is 4.68 Å². The van der Waals surface area contributed by atoms with Crippen LogP contribution in [0.3, 0.4) is 0 Å². The largest absolute Gasteiger partial charge is 0.480 e. The molecule has 3 heterocycles. The molecule has 1 fully saturated rings. The standard InChI is InChI=1S/C21H23N5O3/c1-28-16-10-12-25(13-11-16)21(27)17-14-18(15-6-4-3-5-7-15)26(24-17)19-8-9-20(29-2)23-22-19/h3-9,14,16H,10-13H2,1-2H3. The molecule has 150 valence electrons. The van der Waals surface area contributed by atoms with E-state index in [-0.39, 0.29) is 12.0 Å². The van der Waals surface area contributed by atoms with Crippen LogP contribution in [-0.2, 0) is 4.74 Å².